The van der Waals surface area contributed by atoms with Gasteiger partial charge in [0.2, 0.25) is 0 Å². The smallest absolute Gasteiger partial charge is 0.0998 e. The summed E-state index contributed by atoms with van der Waals surface area (Å²) in [5, 5.41) is 12.2. The van der Waals surface area contributed by atoms with E-state index in [1.165, 1.54) is 16.5 Å². The summed E-state index contributed by atoms with van der Waals surface area (Å²) in [6, 6.07) is 38.0. The minimum absolute atomic E-state index is 0.690. The fraction of sp³-hybridized carbons (Fsp3) is 0.125. The summed E-state index contributed by atoms with van der Waals surface area (Å²) in [4.78, 5) is 6.71. The molecule has 1 heterocycles. The Bertz CT molecular complexity index is 1450. The molecule has 170 valence electrons. The molecule has 0 bridgehead atoms. The maximum atomic E-state index is 9.91. The number of hydrogen-bond acceptors (Lipinski definition) is 3. The van der Waals surface area contributed by atoms with Crippen LogP contribution in [0.2, 0.25) is 0 Å². The van der Waals surface area contributed by atoms with Gasteiger partial charge in [0, 0.05) is 36.7 Å². The first kappa shape index (κ1) is 22.4. The molecule has 0 fully saturated rings. The topological polar surface area (TPSA) is 39.9 Å². The Kier molecular flexibility index (Phi) is 6.82. The summed E-state index contributed by atoms with van der Waals surface area (Å²) in [5.74, 6) is 0. The second kappa shape index (κ2) is 10.7. The lowest BCUT2D eigenvalue weighted by Gasteiger charge is -2.26. The zero-order chi connectivity index (χ0) is 23.9. The van der Waals surface area contributed by atoms with Gasteiger partial charge in [0.25, 0.3) is 0 Å². The van der Waals surface area contributed by atoms with Crippen molar-refractivity contribution in [2.45, 2.75) is 19.4 Å². The van der Waals surface area contributed by atoms with Gasteiger partial charge >= 0.3 is 0 Å². The number of pyridine rings is 1. The lowest BCUT2D eigenvalue weighted by molar-refractivity contribution is 0.727. The molecule has 0 saturated carbocycles. The third-order valence-electron chi connectivity index (χ3n) is 6.40. The van der Waals surface area contributed by atoms with E-state index in [1.54, 1.807) is 0 Å². The first-order valence-electron chi connectivity index (χ1n) is 12.0. The van der Waals surface area contributed by atoms with Gasteiger partial charge in [-0.25, -0.2) is 0 Å². The number of nitrogens with zero attached hydrogens (tertiary/aromatic N) is 3. The Balaban J connectivity index is 1.51. The zero-order valence-corrected chi connectivity index (χ0v) is 19.6. The maximum absolute atomic E-state index is 9.91. The number of aromatic nitrogens is 1. The lowest BCUT2D eigenvalue weighted by Crippen LogP contribution is -2.24. The molecule has 3 heteroatoms. The molecule has 3 nitrogen and oxygen atoms in total. The number of rotatable bonds is 8. The van der Waals surface area contributed by atoms with Crippen LogP contribution < -0.4 is 4.90 Å². The van der Waals surface area contributed by atoms with Crippen molar-refractivity contribution in [2.24, 2.45) is 0 Å². The predicted molar refractivity (Wildman–Crippen MR) is 144 cm³/mol. The molecule has 0 atom stereocenters. The molecule has 0 aliphatic heterocycles. The van der Waals surface area contributed by atoms with E-state index < -0.39 is 0 Å². The summed E-state index contributed by atoms with van der Waals surface area (Å²) >= 11 is 0. The molecule has 0 aliphatic rings. The Morgan fingerprint density at radius 2 is 1.54 bits per heavy atom. The number of benzene rings is 4. The number of aryl methyl sites for hydroxylation is 1. The van der Waals surface area contributed by atoms with E-state index in [0.717, 1.165) is 48.1 Å². The summed E-state index contributed by atoms with van der Waals surface area (Å²) in [6.45, 7) is 1.67. The van der Waals surface area contributed by atoms with E-state index >= 15 is 0 Å². The number of anilines is 1. The minimum Gasteiger partial charge on any atom is -0.367 e. The Morgan fingerprint density at radius 3 is 2.37 bits per heavy atom. The van der Waals surface area contributed by atoms with Crippen molar-refractivity contribution >= 4 is 16.5 Å². The van der Waals surface area contributed by atoms with Crippen LogP contribution in [0, 0.1) is 11.3 Å². The van der Waals surface area contributed by atoms with Gasteiger partial charge in [-0.15, -0.1) is 0 Å². The molecule has 0 saturated heterocycles. The van der Waals surface area contributed by atoms with Crippen molar-refractivity contribution in [3.8, 4) is 17.2 Å². The van der Waals surface area contributed by atoms with Crippen LogP contribution in [0.3, 0.4) is 0 Å². The highest BCUT2D eigenvalue weighted by Gasteiger charge is 2.14. The largest absolute Gasteiger partial charge is 0.367 e. The Hall–Kier alpha value is -4.42. The van der Waals surface area contributed by atoms with Crippen molar-refractivity contribution in [2.75, 3.05) is 11.4 Å². The van der Waals surface area contributed by atoms with Crippen molar-refractivity contribution in [1.29, 1.82) is 5.26 Å². The van der Waals surface area contributed by atoms with Crippen LogP contribution in [-0.4, -0.2) is 11.5 Å². The second-order valence-electron chi connectivity index (χ2n) is 8.74. The first-order valence-corrected chi connectivity index (χ1v) is 12.0. The van der Waals surface area contributed by atoms with Gasteiger partial charge in [-0.1, -0.05) is 78.9 Å². The highest BCUT2D eigenvalue weighted by atomic mass is 15.1. The van der Waals surface area contributed by atoms with Crippen LogP contribution in [0.1, 0.15) is 23.1 Å². The molecule has 1 aromatic heterocycles. The van der Waals surface area contributed by atoms with Gasteiger partial charge in [-0.3, -0.25) is 4.98 Å². The first-order chi connectivity index (χ1) is 17.3. The highest BCUT2D eigenvalue weighted by Crippen LogP contribution is 2.34. The second-order valence-corrected chi connectivity index (χ2v) is 8.74. The van der Waals surface area contributed by atoms with Gasteiger partial charge in [0.1, 0.15) is 0 Å². The average Bonchev–Trinajstić information content (AvgIpc) is 2.93. The molecule has 4 aromatic carbocycles. The van der Waals surface area contributed by atoms with Crippen molar-refractivity contribution < 1.29 is 0 Å². The maximum Gasteiger partial charge on any atom is 0.0998 e. The molecular formula is C32H27N3. The summed E-state index contributed by atoms with van der Waals surface area (Å²) < 4.78 is 0. The molecule has 0 N–H and O–H groups in total. The fourth-order valence-electron chi connectivity index (χ4n) is 4.64. The van der Waals surface area contributed by atoms with Gasteiger partial charge < -0.3 is 4.90 Å². The number of fused-ring (bicyclic) bond motifs is 1. The molecule has 0 amide bonds. The highest BCUT2D eigenvalue weighted by molar-refractivity contribution is 5.98. The molecule has 5 rings (SSSR count). The standard InChI is InChI=1S/C32H27N3/c33-22-28-17-18-29(21-32(28)31-16-6-14-27-13-4-5-15-30(27)31)35(24-26-11-7-19-34-23-26)20-8-12-25-9-2-1-3-10-25/h1-7,9-11,13-19,21,23H,8,12,20,24H2. The molecular weight excluding hydrogens is 426 g/mol. The van der Waals surface area contributed by atoms with Crippen LogP contribution in [0.5, 0.6) is 0 Å². The van der Waals surface area contributed by atoms with E-state index in [2.05, 4.69) is 107 Å². The van der Waals surface area contributed by atoms with Crippen molar-refractivity contribution in [1.82, 2.24) is 4.98 Å². The Morgan fingerprint density at radius 1 is 0.743 bits per heavy atom. The van der Waals surface area contributed by atoms with E-state index in [-0.39, 0.29) is 0 Å². The normalized spacial score (nSPS) is 10.7. The van der Waals surface area contributed by atoms with Crippen LogP contribution in [0.25, 0.3) is 21.9 Å². The zero-order valence-electron chi connectivity index (χ0n) is 19.6. The minimum atomic E-state index is 0.690. The van der Waals surface area contributed by atoms with E-state index in [1.807, 2.05) is 24.5 Å². The fourth-order valence-corrected chi connectivity index (χ4v) is 4.64. The van der Waals surface area contributed by atoms with E-state index in [9.17, 15) is 5.26 Å². The van der Waals surface area contributed by atoms with Crippen LogP contribution in [0.4, 0.5) is 5.69 Å². The summed E-state index contributed by atoms with van der Waals surface area (Å²) in [7, 11) is 0. The third-order valence-corrected chi connectivity index (χ3v) is 6.40. The molecule has 5 aromatic rings. The molecule has 0 spiro atoms. The quantitative estimate of drug-likeness (QED) is 0.245. The van der Waals surface area contributed by atoms with E-state index in [4.69, 9.17) is 0 Å². The molecule has 0 unspecified atom stereocenters. The predicted octanol–water partition coefficient (Wildman–Crippen LogP) is 7.41. The summed E-state index contributed by atoms with van der Waals surface area (Å²) in [5.41, 5.74) is 6.39. The number of nitriles is 1. The van der Waals surface area contributed by atoms with Gasteiger partial charge in [-0.2, -0.15) is 5.26 Å². The van der Waals surface area contributed by atoms with Crippen molar-refractivity contribution in [3.63, 3.8) is 0 Å². The van der Waals surface area contributed by atoms with Crippen LogP contribution >= 0.6 is 0 Å². The van der Waals surface area contributed by atoms with Gasteiger partial charge in [0.15, 0.2) is 0 Å². The van der Waals surface area contributed by atoms with E-state index in [0.29, 0.717) is 5.56 Å². The SMILES string of the molecule is N#Cc1ccc(N(CCCc2ccccc2)Cc2cccnc2)cc1-c1cccc2ccccc12. The van der Waals surface area contributed by atoms with Crippen LogP contribution in [0.15, 0.2) is 116 Å². The van der Waals surface area contributed by atoms with Crippen LogP contribution in [-0.2, 0) is 13.0 Å². The third kappa shape index (κ3) is 5.23. The number of hydrogen-bond donors (Lipinski definition) is 0. The van der Waals surface area contributed by atoms with Gasteiger partial charge in [-0.05, 0) is 64.6 Å². The molecule has 0 aliphatic carbocycles. The monoisotopic (exact) mass is 453 g/mol. The van der Waals surface area contributed by atoms with Crippen molar-refractivity contribution in [3.05, 3.63) is 132 Å². The average molecular weight is 454 g/mol. The van der Waals surface area contributed by atoms with Gasteiger partial charge in [0.05, 0.1) is 11.6 Å². The Labute approximate surface area is 206 Å². The summed E-state index contributed by atoms with van der Waals surface area (Å²) in [6.07, 6.45) is 5.80. The molecule has 0 radical (unpaired) electrons. The molecule has 35 heavy (non-hydrogen) atoms. The lowest BCUT2D eigenvalue weighted by atomic mass is 9.94.